The summed E-state index contributed by atoms with van der Waals surface area (Å²) in [5, 5.41) is 3.43. The van der Waals surface area contributed by atoms with Gasteiger partial charge in [0.15, 0.2) is 0 Å². The van der Waals surface area contributed by atoms with Crippen LogP contribution in [-0.2, 0) is 6.42 Å². The summed E-state index contributed by atoms with van der Waals surface area (Å²) in [6, 6.07) is 17.5. The van der Waals surface area contributed by atoms with E-state index in [0.29, 0.717) is 12.1 Å². The van der Waals surface area contributed by atoms with Crippen molar-refractivity contribution in [3.8, 4) is 5.75 Å². The summed E-state index contributed by atoms with van der Waals surface area (Å²) in [5.41, 5.74) is 4.06. The molecule has 0 saturated heterocycles. The van der Waals surface area contributed by atoms with Gasteiger partial charge in [-0.25, -0.2) is 0 Å². The molecule has 1 atom stereocenters. The molecule has 1 fully saturated rings. The van der Waals surface area contributed by atoms with E-state index in [1.165, 1.54) is 29.5 Å². The Hall–Kier alpha value is -1.80. The second kappa shape index (κ2) is 6.31. The van der Waals surface area contributed by atoms with Gasteiger partial charge >= 0.3 is 0 Å². The number of aryl methyl sites for hydroxylation is 1. The molecule has 0 heterocycles. The first kappa shape index (κ1) is 14.2. The molecule has 1 unspecified atom stereocenters. The topological polar surface area (TPSA) is 21.3 Å². The van der Waals surface area contributed by atoms with E-state index < -0.39 is 0 Å². The fourth-order valence-electron chi connectivity index (χ4n) is 2.60. The molecule has 0 aromatic heterocycles. The van der Waals surface area contributed by atoms with Crippen LogP contribution < -0.4 is 10.1 Å². The number of rotatable bonds is 6. The van der Waals surface area contributed by atoms with Crippen LogP contribution in [0.15, 0.2) is 48.5 Å². The lowest BCUT2D eigenvalue weighted by Crippen LogP contribution is -2.19. The molecule has 3 rings (SSSR count). The minimum absolute atomic E-state index is 0.334. The van der Waals surface area contributed by atoms with Gasteiger partial charge < -0.3 is 10.1 Å². The molecule has 1 aliphatic carbocycles. The van der Waals surface area contributed by atoms with Crippen molar-refractivity contribution in [1.82, 2.24) is 5.32 Å². The van der Waals surface area contributed by atoms with E-state index in [1.54, 1.807) is 0 Å². The molecule has 2 heteroatoms. The summed E-state index contributed by atoms with van der Waals surface area (Å²) in [4.78, 5) is 0. The highest BCUT2D eigenvalue weighted by Crippen LogP contribution is 2.28. The molecule has 2 aromatic carbocycles. The number of hydrogen-bond acceptors (Lipinski definition) is 2. The Morgan fingerprint density at radius 3 is 2.43 bits per heavy atom. The highest BCUT2D eigenvalue weighted by atomic mass is 16.5. The average molecular weight is 281 g/mol. The van der Waals surface area contributed by atoms with Crippen LogP contribution in [0.3, 0.4) is 0 Å². The fourth-order valence-corrected chi connectivity index (χ4v) is 2.60. The fraction of sp³-hybridized carbons (Fsp3) is 0.368. The Bertz CT molecular complexity index is 587. The first-order valence-electron chi connectivity index (χ1n) is 7.74. The van der Waals surface area contributed by atoms with Crippen molar-refractivity contribution >= 4 is 0 Å². The molecule has 110 valence electrons. The van der Waals surface area contributed by atoms with Gasteiger partial charge in [0.1, 0.15) is 5.75 Å². The maximum atomic E-state index is 5.81. The van der Waals surface area contributed by atoms with E-state index in [2.05, 4.69) is 60.8 Å². The minimum Gasteiger partial charge on any atom is -0.490 e. The lowest BCUT2D eigenvalue weighted by molar-refractivity contribution is 0.303. The Morgan fingerprint density at radius 2 is 1.81 bits per heavy atom. The number of likely N-dealkylation sites (N-methyl/N-ethyl adjacent to an activating group) is 1. The Labute approximate surface area is 127 Å². The third kappa shape index (κ3) is 3.64. The summed E-state index contributed by atoms with van der Waals surface area (Å²) >= 11 is 0. The predicted molar refractivity (Wildman–Crippen MR) is 86.8 cm³/mol. The number of hydrogen-bond donors (Lipinski definition) is 1. The summed E-state index contributed by atoms with van der Waals surface area (Å²) in [6.07, 6.45) is 3.87. The number of ether oxygens (including phenoxy) is 1. The van der Waals surface area contributed by atoms with Crippen molar-refractivity contribution in [1.29, 1.82) is 0 Å². The lowest BCUT2D eigenvalue weighted by atomic mass is 9.96. The normalized spacial score (nSPS) is 15.7. The van der Waals surface area contributed by atoms with Crippen molar-refractivity contribution < 1.29 is 4.74 Å². The molecule has 0 radical (unpaired) electrons. The van der Waals surface area contributed by atoms with Gasteiger partial charge in [0, 0.05) is 6.04 Å². The van der Waals surface area contributed by atoms with Crippen molar-refractivity contribution in [2.75, 3.05) is 7.05 Å². The molecule has 2 aromatic rings. The zero-order chi connectivity index (χ0) is 14.7. The lowest BCUT2D eigenvalue weighted by Gasteiger charge is -2.18. The largest absolute Gasteiger partial charge is 0.490 e. The highest BCUT2D eigenvalue weighted by molar-refractivity contribution is 5.32. The van der Waals surface area contributed by atoms with Gasteiger partial charge in [0.05, 0.1) is 6.10 Å². The van der Waals surface area contributed by atoms with Crippen LogP contribution in [0.25, 0.3) is 0 Å². The minimum atomic E-state index is 0.334. The van der Waals surface area contributed by atoms with Crippen LogP contribution in [0.1, 0.15) is 35.6 Å². The van der Waals surface area contributed by atoms with Crippen molar-refractivity contribution in [3.63, 3.8) is 0 Å². The third-order valence-corrected chi connectivity index (χ3v) is 4.14. The average Bonchev–Trinajstić information content (AvgIpc) is 3.31. The molecule has 0 spiro atoms. The van der Waals surface area contributed by atoms with E-state index in [9.17, 15) is 0 Å². The maximum Gasteiger partial charge on any atom is 0.119 e. The van der Waals surface area contributed by atoms with Crippen molar-refractivity contribution in [2.24, 2.45) is 0 Å². The summed E-state index contributed by atoms with van der Waals surface area (Å²) < 4.78 is 5.81. The third-order valence-electron chi connectivity index (χ3n) is 4.14. The first-order chi connectivity index (χ1) is 10.3. The Kier molecular flexibility index (Phi) is 4.26. The zero-order valence-corrected chi connectivity index (χ0v) is 12.8. The summed E-state index contributed by atoms with van der Waals surface area (Å²) in [7, 11) is 2.03. The molecule has 2 nitrogen and oxygen atoms in total. The second-order valence-electron chi connectivity index (χ2n) is 5.86. The second-order valence-corrected chi connectivity index (χ2v) is 5.86. The SMILES string of the molecule is CNC(Cc1ccccc1C)c1ccc(OC2CC2)cc1. The van der Waals surface area contributed by atoms with Gasteiger partial charge in [-0.05, 0) is 62.1 Å². The van der Waals surface area contributed by atoms with Gasteiger partial charge in [-0.15, -0.1) is 0 Å². The van der Waals surface area contributed by atoms with Crippen LogP contribution in [0.5, 0.6) is 5.75 Å². The van der Waals surface area contributed by atoms with Gasteiger partial charge in [0.2, 0.25) is 0 Å². The quantitative estimate of drug-likeness (QED) is 0.863. The summed E-state index contributed by atoms with van der Waals surface area (Å²) in [6.45, 7) is 2.18. The van der Waals surface area contributed by atoms with Crippen molar-refractivity contribution in [2.45, 2.75) is 38.3 Å². The van der Waals surface area contributed by atoms with Gasteiger partial charge in [-0.1, -0.05) is 36.4 Å². The molecular formula is C19H23NO. The molecule has 0 bridgehead atoms. The highest BCUT2D eigenvalue weighted by Gasteiger charge is 2.23. The Morgan fingerprint density at radius 1 is 1.10 bits per heavy atom. The van der Waals surface area contributed by atoms with Crippen LogP contribution >= 0.6 is 0 Å². The van der Waals surface area contributed by atoms with Crippen LogP contribution in [-0.4, -0.2) is 13.2 Å². The van der Waals surface area contributed by atoms with E-state index >= 15 is 0 Å². The van der Waals surface area contributed by atoms with Crippen molar-refractivity contribution in [3.05, 3.63) is 65.2 Å². The van der Waals surface area contributed by atoms with E-state index in [-0.39, 0.29) is 0 Å². The van der Waals surface area contributed by atoms with Crippen LogP contribution in [0.4, 0.5) is 0 Å². The molecule has 1 N–H and O–H groups in total. The monoisotopic (exact) mass is 281 g/mol. The van der Waals surface area contributed by atoms with Gasteiger partial charge in [-0.2, -0.15) is 0 Å². The van der Waals surface area contributed by atoms with Crippen LogP contribution in [0, 0.1) is 6.92 Å². The van der Waals surface area contributed by atoms with Gasteiger partial charge in [0.25, 0.3) is 0 Å². The maximum absolute atomic E-state index is 5.81. The molecule has 0 amide bonds. The molecule has 1 aliphatic rings. The standard InChI is InChI=1S/C19H23NO/c1-14-5-3-4-6-16(14)13-19(20-2)15-7-9-17(10-8-15)21-18-11-12-18/h3-10,18-20H,11-13H2,1-2H3. The zero-order valence-electron chi connectivity index (χ0n) is 12.8. The molecule has 21 heavy (non-hydrogen) atoms. The van der Waals surface area contributed by atoms with E-state index in [4.69, 9.17) is 4.74 Å². The molecule has 1 saturated carbocycles. The summed E-state index contributed by atoms with van der Waals surface area (Å²) in [5.74, 6) is 0.993. The van der Waals surface area contributed by atoms with Crippen LogP contribution in [0.2, 0.25) is 0 Å². The van der Waals surface area contributed by atoms with Gasteiger partial charge in [-0.3, -0.25) is 0 Å². The predicted octanol–water partition coefficient (Wildman–Crippen LogP) is 4.04. The van der Waals surface area contributed by atoms with E-state index in [1.807, 2.05) is 7.05 Å². The van der Waals surface area contributed by atoms with E-state index in [0.717, 1.165) is 12.2 Å². The first-order valence-corrected chi connectivity index (χ1v) is 7.74. The number of nitrogens with one attached hydrogen (secondary N) is 1. The molecular weight excluding hydrogens is 258 g/mol. The smallest absolute Gasteiger partial charge is 0.119 e. The molecule has 0 aliphatic heterocycles. The number of benzene rings is 2. The Balaban J connectivity index is 1.71.